The van der Waals surface area contributed by atoms with Gasteiger partial charge in [-0.2, -0.15) is 0 Å². The summed E-state index contributed by atoms with van der Waals surface area (Å²) in [5, 5.41) is 13.2. The summed E-state index contributed by atoms with van der Waals surface area (Å²) in [5.41, 5.74) is 0.553. The molecular formula is C13H21NO. The van der Waals surface area contributed by atoms with Crippen LogP contribution in [0.3, 0.4) is 0 Å². The highest BCUT2D eigenvalue weighted by atomic mass is 16.3. The zero-order valence-electron chi connectivity index (χ0n) is 9.99. The van der Waals surface area contributed by atoms with Crippen molar-refractivity contribution in [1.82, 2.24) is 5.32 Å². The highest BCUT2D eigenvalue weighted by Crippen LogP contribution is 2.16. The van der Waals surface area contributed by atoms with Crippen LogP contribution in [0.15, 0.2) is 30.3 Å². The van der Waals surface area contributed by atoms with Crippen molar-refractivity contribution in [3.05, 3.63) is 35.9 Å². The first-order valence-corrected chi connectivity index (χ1v) is 5.44. The van der Waals surface area contributed by atoms with Crippen molar-refractivity contribution in [3.63, 3.8) is 0 Å². The summed E-state index contributed by atoms with van der Waals surface area (Å²) in [6.45, 7) is 7.75. The molecule has 0 aromatic heterocycles. The molecule has 2 unspecified atom stereocenters. The zero-order valence-corrected chi connectivity index (χ0v) is 9.99. The lowest BCUT2D eigenvalue weighted by molar-refractivity contribution is 0.0405. The SMILES string of the molecule is CC(NC(C)C(C)(C)O)c1ccccc1. The Hall–Kier alpha value is -0.860. The molecule has 0 aliphatic carbocycles. The Morgan fingerprint density at radius 2 is 1.67 bits per heavy atom. The van der Waals surface area contributed by atoms with Crippen molar-refractivity contribution in [3.8, 4) is 0 Å². The minimum absolute atomic E-state index is 0.0627. The number of benzene rings is 1. The van der Waals surface area contributed by atoms with Crippen molar-refractivity contribution in [1.29, 1.82) is 0 Å². The van der Waals surface area contributed by atoms with Gasteiger partial charge in [0.1, 0.15) is 0 Å². The number of rotatable bonds is 4. The molecule has 0 radical (unpaired) electrons. The second-order valence-electron chi connectivity index (χ2n) is 4.67. The number of hydrogen-bond acceptors (Lipinski definition) is 2. The third kappa shape index (κ3) is 3.65. The number of aliphatic hydroxyl groups is 1. The van der Waals surface area contributed by atoms with Crippen LogP contribution >= 0.6 is 0 Å². The summed E-state index contributed by atoms with van der Waals surface area (Å²) in [6, 6.07) is 10.6. The summed E-state index contributed by atoms with van der Waals surface area (Å²) in [5.74, 6) is 0. The topological polar surface area (TPSA) is 32.3 Å². The van der Waals surface area contributed by atoms with E-state index in [1.54, 1.807) is 0 Å². The Morgan fingerprint density at radius 3 is 2.13 bits per heavy atom. The van der Waals surface area contributed by atoms with Crippen LogP contribution in [0.4, 0.5) is 0 Å². The summed E-state index contributed by atoms with van der Waals surface area (Å²) in [7, 11) is 0. The van der Waals surface area contributed by atoms with Gasteiger partial charge in [0.05, 0.1) is 5.60 Å². The van der Waals surface area contributed by atoms with Crippen LogP contribution in [-0.4, -0.2) is 16.7 Å². The van der Waals surface area contributed by atoms with Crippen molar-refractivity contribution in [2.75, 3.05) is 0 Å². The first-order valence-electron chi connectivity index (χ1n) is 5.44. The van der Waals surface area contributed by atoms with E-state index >= 15 is 0 Å². The summed E-state index contributed by atoms with van der Waals surface area (Å²) < 4.78 is 0. The Kier molecular flexibility index (Phi) is 3.89. The fourth-order valence-corrected chi connectivity index (χ4v) is 1.42. The van der Waals surface area contributed by atoms with Crippen LogP contribution in [0.1, 0.15) is 39.3 Å². The summed E-state index contributed by atoms with van der Waals surface area (Å²) in [6.07, 6.45) is 0. The second kappa shape index (κ2) is 4.77. The maximum atomic E-state index is 9.82. The molecule has 0 bridgehead atoms. The molecule has 84 valence electrons. The lowest BCUT2D eigenvalue weighted by atomic mass is 9.98. The molecule has 0 spiro atoms. The fraction of sp³-hybridized carbons (Fsp3) is 0.538. The van der Waals surface area contributed by atoms with E-state index in [2.05, 4.69) is 24.4 Å². The minimum atomic E-state index is -0.691. The number of nitrogens with one attached hydrogen (secondary N) is 1. The minimum Gasteiger partial charge on any atom is -0.389 e. The molecule has 1 rings (SSSR count). The van der Waals surface area contributed by atoms with Gasteiger partial charge < -0.3 is 10.4 Å². The van der Waals surface area contributed by atoms with E-state index in [1.807, 2.05) is 39.0 Å². The molecular weight excluding hydrogens is 186 g/mol. The fourth-order valence-electron chi connectivity index (χ4n) is 1.42. The standard InChI is InChI=1S/C13H21NO/c1-10(12-8-6-5-7-9-12)14-11(2)13(3,4)15/h5-11,14-15H,1-4H3. The van der Waals surface area contributed by atoms with Crippen LogP contribution in [-0.2, 0) is 0 Å². The monoisotopic (exact) mass is 207 g/mol. The smallest absolute Gasteiger partial charge is 0.0741 e. The van der Waals surface area contributed by atoms with Crippen LogP contribution < -0.4 is 5.32 Å². The maximum Gasteiger partial charge on any atom is 0.0741 e. The highest BCUT2D eigenvalue weighted by Gasteiger charge is 2.23. The van der Waals surface area contributed by atoms with Gasteiger partial charge in [-0.15, -0.1) is 0 Å². The molecule has 0 heterocycles. The van der Waals surface area contributed by atoms with Gasteiger partial charge in [0.15, 0.2) is 0 Å². The van der Waals surface area contributed by atoms with Gasteiger partial charge in [-0.25, -0.2) is 0 Å². The molecule has 0 fully saturated rings. The molecule has 0 amide bonds. The van der Waals surface area contributed by atoms with E-state index in [0.717, 1.165) is 0 Å². The van der Waals surface area contributed by atoms with Gasteiger partial charge in [0.25, 0.3) is 0 Å². The van der Waals surface area contributed by atoms with Crippen molar-refractivity contribution in [2.24, 2.45) is 0 Å². The Bertz CT molecular complexity index is 289. The molecule has 0 aliphatic heterocycles. The lowest BCUT2D eigenvalue weighted by Gasteiger charge is -2.30. The third-order valence-corrected chi connectivity index (χ3v) is 2.86. The molecule has 1 aromatic rings. The Balaban J connectivity index is 2.61. The van der Waals surface area contributed by atoms with E-state index in [9.17, 15) is 5.11 Å². The van der Waals surface area contributed by atoms with Gasteiger partial charge in [-0.3, -0.25) is 0 Å². The van der Waals surface area contributed by atoms with Gasteiger partial charge in [0.2, 0.25) is 0 Å². The molecule has 15 heavy (non-hydrogen) atoms. The largest absolute Gasteiger partial charge is 0.389 e. The lowest BCUT2D eigenvalue weighted by Crippen LogP contribution is -2.45. The maximum absolute atomic E-state index is 9.82. The van der Waals surface area contributed by atoms with E-state index in [0.29, 0.717) is 0 Å². The van der Waals surface area contributed by atoms with Crippen LogP contribution in [0, 0.1) is 0 Å². The van der Waals surface area contributed by atoms with Gasteiger partial charge >= 0.3 is 0 Å². The molecule has 0 aliphatic rings. The first-order chi connectivity index (χ1) is 6.91. The highest BCUT2D eigenvalue weighted by molar-refractivity contribution is 5.18. The first kappa shape index (κ1) is 12.2. The van der Waals surface area contributed by atoms with Gasteiger partial charge in [-0.1, -0.05) is 30.3 Å². The molecule has 2 atom stereocenters. The predicted molar refractivity (Wildman–Crippen MR) is 63.8 cm³/mol. The molecule has 2 nitrogen and oxygen atoms in total. The Labute approximate surface area is 92.3 Å². The second-order valence-corrected chi connectivity index (χ2v) is 4.67. The van der Waals surface area contributed by atoms with Crippen LogP contribution in [0.5, 0.6) is 0 Å². The van der Waals surface area contributed by atoms with E-state index in [1.165, 1.54) is 5.56 Å². The zero-order chi connectivity index (χ0) is 11.5. The van der Waals surface area contributed by atoms with Crippen LogP contribution in [0.25, 0.3) is 0 Å². The van der Waals surface area contributed by atoms with E-state index in [-0.39, 0.29) is 12.1 Å². The predicted octanol–water partition coefficient (Wildman–Crippen LogP) is 2.50. The average Bonchev–Trinajstić information content (AvgIpc) is 2.17. The van der Waals surface area contributed by atoms with E-state index < -0.39 is 5.60 Å². The third-order valence-electron chi connectivity index (χ3n) is 2.86. The Morgan fingerprint density at radius 1 is 1.13 bits per heavy atom. The normalized spacial score (nSPS) is 16.1. The molecule has 1 aromatic carbocycles. The number of hydrogen-bond donors (Lipinski definition) is 2. The van der Waals surface area contributed by atoms with Crippen molar-refractivity contribution < 1.29 is 5.11 Å². The van der Waals surface area contributed by atoms with Gasteiger partial charge in [0, 0.05) is 12.1 Å². The average molecular weight is 207 g/mol. The molecule has 0 saturated carbocycles. The van der Waals surface area contributed by atoms with Crippen LogP contribution in [0.2, 0.25) is 0 Å². The van der Waals surface area contributed by atoms with Crippen molar-refractivity contribution in [2.45, 2.75) is 45.4 Å². The molecule has 0 saturated heterocycles. The van der Waals surface area contributed by atoms with Crippen molar-refractivity contribution >= 4 is 0 Å². The summed E-state index contributed by atoms with van der Waals surface area (Å²) in [4.78, 5) is 0. The molecule has 2 N–H and O–H groups in total. The van der Waals surface area contributed by atoms with E-state index in [4.69, 9.17) is 0 Å². The quantitative estimate of drug-likeness (QED) is 0.795. The summed E-state index contributed by atoms with van der Waals surface area (Å²) >= 11 is 0. The molecule has 2 heteroatoms. The van der Waals surface area contributed by atoms with Gasteiger partial charge in [-0.05, 0) is 33.3 Å².